The number of benzene rings is 1. The van der Waals surface area contributed by atoms with E-state index < -0.39 is 0 Å². The van der Waals surface area contributed by atoms with Crippen LogP contribution >= 0.6 is 11.3 Å². The zero-order valence-electron chi connectivity index (χ0n) is 12.7. The second-order valence-electron chi connectivity index (χ2n) is 6.37. The van der Waals surface area contributed by atoms with Gasteiger partial charge in [0.15, 0.2) is 0 Å². The molecule has 1 aliphatic rings. The molecule has 3 nitrogen and oxygen atoms in total. The summed E-state index contributed by atoms with van der Waals surface area (Å²) < 4.78 is 1.21. The zero-order valence-corrected chi connectivity index (χ0v) is 13.5. The topological polar surface area (TPSA) is 42.0 Å². The SMILES string of the molecule is CC(C)NC(=O)C1(Cc2nc3ccccc3s2)CCCC1. The van der Waals surface area contributed by atoms with Crippen LogP contribution < -0.4 is 5.32 Å². The smallest absolute Gasteiger partial charge is 0.226 e. The molecule has 1 aliphatic carbocycles. The Hall–Kier alpha value is -1.42. The number of carbonyl (C=O) groups excluding carboxylic acids is 1. The van der Waals surface area contributed by atoms with Crippen LogP contribution in [0.2, 0.25) is 0 Å². The normalized spacial score (nSPS) is 17.5. The fourth-order valence-corrected chi connectivity index (χ4v) is 4.35. The van der Waals surface area contributed by atoms with Crippen LogP contribution in [0.25, 0.3) is 10.2 Å². The van der Waals surface area contributed by atoms with Gasteiger partial charge in [-0.1, -0.05) is 25.0 Å². The molecule has 1 aromatic carbocycles. The quantitative estimate of drug-likeness (QED) is 0.930. The summed E-state index contributed by atoms with van der Waals surface area (Å²) in [5, 5.41) is 4.21. The van der Waals surface area contributed by atoms with Crippen molar-refractivity contribution in [2.45, 2.75) is 52.0 Å². The number of thiazole rings is 1. The number of nitrogens with one attached hydrogen (secondary N) is 1. The molecule has 0 aliphatic heterocycles. The van der Waals surface area contributed by atoms with E-state index in [-0.39, 0.29) is 17.4 Å². The van der Waals surface area contributed by atoms with E-state index in [1.165, 1.54) is 4.70 Å². The van der Waals surface area contributed by atoms with Gasteiger partial charge in [0, 0.05) is 12.5 Å². The van der Waals surface area contributed by atoms with Gasteiger partial charge in [0.2, 0.25) is 5.91 Å². The molecule has 21 heavy (non-hydrogen) atoms. The van der Waals surface area contributed by atoms with Crippen LogP contribution in [0.5, 0.6) is 0 Å². The Morgan fingerprint density at radius 1 is 1.33 bits per heavy atom. The van der Waals surface area contributed by atoms with E-state index in [9.17, 15) is 4.79 Å². The van der Waals surface area contributed by atoms with Crippen molar-refractivity contribution in [1.82, 2.24) is 10.3 Å². The molecule has 0 saturated heterocycles. The Bertz CT molecular complexity index is 608. The maximum atomic E-state index is 12.7. The first kappa shape index (κ1) is 14.5. The molecule has 0 unspecified atom stereocenters. The third kappa shape index (κ3) is 2.95. The highest BCUT2D eigenvalue weighted by atomic mass is 32.1. The highest BCUT2D eigenvalue weighted by Crippen LogP contribution is 2.42. The molecule has 0 radical (unpaired) electrons. The maximum absolute atomic E-state index is 12.7. The number of para-hydroxylation sites is 1. The standard InChI is InChI=1S/C17H22N2OS/c1-12(2)18-16(20)17(9-5-6-10-17)11-15-19-13-7-3-4-8-14(13)21-15/h3-4,7-8,12H,5-6,9-11H2,1-2H3,(H,18,20). The van der Waals surface area contributed by atoms with Crippen LogP contribution in [-0.2, 0) is 11.2 Å². The first-order valence-corrected chi connectivity index (χ1v) is 8.56. The average molecular weight is 302 g/mol. The van der Waals surface area contributed by atoms with Crippen molar-refractivity contribution in [2.24, 2.45) is 5.41 Å². The number of hydrogen-bond acceptors (Lipinski definition) is 3. The van der Waals surface area contributed by atoms with E-state index in [4.69, 9.17) is 4.98 Å². The van der Waals surface area contributed by atoms with Crippen LogP contribution in [0, 0.1) is 5.41 Å². The lowest BCUT2D eigenvalue weighted by atomic mass is 9.81. The zero-order chi connectivity index (χ0) is 14.9. The fraction of sp³-hybridized carbons (Fsp3) is 0.529. The van der Waals surface area contributed by atoms with Gasteiger partial charge in [0.1, 0.15) is 0 Å². The Kier molecular flexibility index (Phi) is 3.98. The van der Waals surface area contributed by atoms with Gasteiger partial charge in [-0.05, 0) is 38.8 Å². The lowest BCUT2D eigenvalue weighted by molar-refractivity contribution is -0.131. The highest BCUT2D eigenvalue weighted by molar-refractivity contribution is 7.18. The average Bonchev–Trinajstić information content (AvgIpc) is 3.04. The molecule has 3 rings (SSSR count). The van der Waals surface area contributed by atoms with Gasteiger partial charge >= 0.3 is 0 Å². The molecule has 1 fully saturated rings. The van der Waals surface area contributed by atoms with Crippen molar-refractivity contribution in [3.63, 3.8) is 0 Å². The number of fused-ring (bicyclic) bond motifs is 1. The largest absolute Gasteiger partial charge is 0.353 e. The molecule has 1 aromatic heterocycles. The first-order valence-electron chi connectivity index (χ1n) is 7.74. The van der Waals surface area contributed by atoms with Gasteiger partial charge in [-0.3, -0.25) is 4.79 Å². The summed E-state index contributed by atoms with van der Waals surface area (Å²) in [4.78, 5) is 17.4. The summed E-state index contributed by atoms with van der Waals surface area (Å²) >= 11 is 1.73. The Morgan fingerprint density at radius 2 is 2.05 bits per heavy atom. The molecule has 1 saturated carbocycles. The molecule has 1 N–H and O–H groups in total. The predicted octanol–water partition coefficient (Wildman–Crippen LogP) is 3.92. The van der Waals surface area contributed by atoms with Crippen molar-refractivity contribution < 1.29 is 4.79 Å². The van der Waals surface area contributed by atoms with Gasteiger partial charge in [-0.15, -0.1) is 11.3 Å². The van der Waals surface area contributed by atoms with Crippen molar-refractivity contribution in [3.05, 3.63) is 29.3 Å². The molecule has 1 amide bonds. The fourth-order valence-electron chi connectivity index (χ4n) is 3.24. The van der Waals surface area contributed by atoms with Crippen molar-refractivity contribution in [1.29, 1.82) is 0 Å². The summed E-state index contributed by atoms with van der Waals surface area (Å²) in [7, 11) is 0. The molecule has 112 valence electrons. The van der Waals surface area contributed by atoms with Crippen LogP contribution in [-0.4, -0.2) is 16.9 Å². The van der Waals surface area contributed by atoms with Gasteiger partial charge in [-0.2, -0.15) is 0 Å². The minimum atomic E-state index is -0.238. The number of rotatable bonds is 4. The summed E-state index contributed by atoms with van der Waals surface area (Å²) in [6.45, 7) is 4.05. The van der Waals surface area contributed by atoms with E-state index in [1.54, 1.807) is 11.3 Å². The van der Waals surface area contributed by atoms with Crippen LogP contribution in [0.1, 0.15) is 44.5 Å². The van der Waals surface area contributed by atoms with Crippen LogP contribution in [0.3, 0.4) is 0 Å². The van der Waals surface area contributed by atoms with E-state index in [0.717, 1.165) is 42.6 Å². The molecule has 4 heteroatoms. The van der Waals surface area contributed by atoms with Gasteiger partial charge in [-0.25, -0.2) is 4.98 Å². The number of amides is 1. The number of carbonyl (C=O) groups is 1. The second-order valence-corrected chi connectivity index (χ2v) is 7.48. The maximum Gasteiger partial charge on any atom is 0.226 e. The van der Waals surface area contributed by atoms with Crippen molar-refractivity contribution >= 4 is 27.5 Å². The number of nitrogens with zero attached hydrogens (tertiary/aromatic N) is 1. The molecule has 0 bridgehead atoms. The van der Waals surface area contributed by atoms with Gasteiger partial charge in [0.25, 0.3) is 0 Å². The summed E-state index contributed by atoms with van der Waals surface area (Å²) in [5.74, 6) is 0.217. The monoisotopic (exact) mass is 302 g/mol. The Balaban J connectivity index is 1.86. The summed E-state index contributed by atoms with van der Waals surface area (Å²) in [5.41, 5.74) is 0.813. The molecule has 0 spiro atoms. The third-order valence-electron chi connectivity index (χ3n) is 4.29. The minimum absolute atomic E-state index is 0.199. The van der Waals surface area contributed by atoms with Crippen LogP contribution in [0.15, 0.2) is 24.3 Å². The van der Waals surface area contributed by atoms with E-state index >= 15 is 0 Å². The number of aromatic nitrogens is 1. The minimum Gasteiger partial charge on any atom is -0.353 e. The first-order chi connectivity index (χ1) is 10.1. The van der Waals surface area contributed by atoms with Crippen molar-refractivity contribution in [2.75, 3.05) is 0 Å². The lowest BCUT2D eigenvalue weighted by Gasteiger charge is -2.27. The molecular formula is C17H22N2OS. The third-order valence-corrected chi connectivity index (χ3v) is 5.33. The van der Waals surface area contributed by atoms with Crippen LogP contribution in [0.4, 0.5) is 0 Å². The lowest BCUT2D eigenvalue weighted by Crippen LogP contribution is -2.43. The van der Waals surface area contributed by atoms with Gasteiger partial charge in [0.05, 0.1) is 20.6 Å². The molecular weight excluding hydrogens is 280 g/mol. The molecule has 2 aromatic rings. The highest BCUT2D eigenvalue weighted by Gasteiger charge is 2.42. The number of hydrogen-bond donors (Lipinski definition) is 1. The Morgan fingerprint density at radius 3 is 2.71 bits per heavy atom. The second kappa shape index (κ2) is 5.76. The summed E-state index contributed by atoms with van der Waals surface area (Å²) in [6.07, 6.45) is 5.06. The van der Waals surface area contributed by atoms with E-state index in [2.05, 4.69) is 11.4 Å². The molecule has 0 atom stereocenters. The van der Waals surface area contributed by atoms with E-state index in [0.29, 0.717) is 0 Å². The summed E-state index contributed by atoms with van der Waals surface area (Å²) in [6, 6.07) is 8.41. The predicted molar refractivity (Wildman–Crippen MR) is 87.5 cm³/mol. The van der Waals surface area contributed by atoms with Crippen molar-refractivity contribution in [3.8, 4) is 0 Å². The molecule has 1 heterocycles. The van der Waals surface area contributed by atoms with Gasteiger partial charge < -0.3 is 5.32 Å². The Labute approximate surface area is 129 Å². The van der Waals surface area contributed by atoms with E-state index in [1.807, 2.05) is 32.0 Å².